The van der Waals surface area contributed by atoms with E-state index in [0.717, 1.165) is 28.9 Å². The summed E-state index contributed by atoms with van der Waals surface area (Å²) in [5.74, 6) is -2.11. The minimum absolute atomic E-state index is 0.0762. The molecule has 3 amide bonds. The van der Waals surface area contributed by atoms with E-state index in [0.29, 0.717) is 29.2 Å². The second-order valence-corrected chi connectivity index (χ2v) is 9.59. The van der Waals surface area contributed by atoms with Crippen LogP contribution in [-0.4, -0.2) is 30.3 Å². The molecule has 3 aromatic rings. The Bertz CT molecular complexity index is 1480. The first-order chi connectivity index (χ1) is 18.7. The van der Waals surface area contributed by atoms with Crippen molar-refractivity contribution in [1.82, 2.24) is 0 Å². The van der Waals surface area contributed by atoms with Crippen molar-refractivity contribution in [1.29, 1.82) is 0 Å². The van der Waals surface area contributed by atoms with Crippen LogP contribution >= 0.6 is 11.6 Å². The molecule has 3 aromatic carbocycles. The van der Waals surface area contributed by atoms with Gasteiger partial charge in [0.2, 0.25) is 0 Å². The average molecular weight is 546 g/mol. The predicted molar refractivity (Wildman–Crippen MR) is 151 cm³/mol. The molecule has 39 heavy (non-hydrogen) atoms. The first kappa shape index (κ1) is 27.6. The molecule has 2 N–H and O–H groups in total. The summed E-state index contributed by atoms with van der Waals surface area (Å²) >= 11 is 6.28. The molecule has 0 aromatic heterocycles. The summed E-state index contributed by atoms with van der Waals surface area (Å²) < 4.78 is 5.23. The summed E-state index contributed by atoms with van der Waals surface area (Å²) in [6.07, 6.45) is 1.69. The van der Waals surface area contributed by atoms with Gasteiger partial charge in [-0.05, 0) is 79.9 Å². The van der Waals surface area contributed by atoms with Gasteiger partial charge in [-0.15, -0.1) is 0 Å². The van der Waals surface area contributed by atoms with Crippen molar-refractivity contribution in [2.75, 3.05) is 22.1 Å². The van der Waals surface area contributed by atoms with E-state index in [9.17, 15) is 19.2 Å². The van der Waals surface area contributed by atoms with Gasteiger partial charge in [-0.25, -0.2) is 9.69 Å². The van der Waals surface area contributed by atoms with Crippen molar-refractivity contribution >= 4 is 52.4 Å². The van der Waals surface area contributed by atoms with Crippen LogP contribution < -0.4 is 15.5 Å². The number of imide groups is 1. The molecule has 0 spiro atoms. The van der Waals surface area contributed by atoms with Crippen LogP contribution in [0.15, 0.2) is 77.5 Å². The molecule has 8 nitrogen and oxygen atoms in total. The summed E-state index contributed by atoms with van der Waals surface area (Å²) in [6, 6.07) is 18.3. The van der Waals surface area contributed by atoms with Crippen molar-refractivity contribution in [2.45, 2.75) is 33.6 Å². The third-order valence-electron chi connectivity index (χ3n) is 5.97. The number of nitrogens with zero attached hydrogens (tertiary/aromatic N) is 1. The monoisotopic (exact) mass is 545 g/mol. The van der Waals surface area contributed by atoms with Crippen LogP contribution in [0.25, 0.3) is 0 Å². The molecule has 0 atom stereocenters. The zero-order valence-corrected chi connectivity index (χ0v) is 22.6. The number of amides is 3. The molecule has 0 fully saturated rings. The van der Waals surface area contributed by atoms with E-state index in [4.69, 9.17) is 16.3 Å². The SMILES string of the molecule is CCCCOC(=O)c1cccc(NC(=O)c2cccc(NC3=C(Cl)C(=O)N(c4cc(C)cc(C)c4)C3=O)c2)c1. The molecule has 0 bridgehead atoms. The number of carbonyl (C=O) groups excluding carboxylic acids is 4. The molecule has 9 heteroatoms. The maximum Gasteiger partial charge on any atom is 0.338 e. The van der Waals surface area contributed by atoms with E-state index in [1.54, 1.807) is 54.6 Å². The van der Waals surface area contributed by atoms with E-state index in [1.165, 1.54) is 6.07 Å². The van der Waals surface area contributed by atoms with Gasteiger partial charge in [0.15, 0.2) is 0 Å². The number of ether oxygens (including phenoxy) is 1. The molecule has 1 aliphatic heterocycles. The van der Waals surface area contributed by atoms with Gasteiger partial charge in [0, 0.05) is 16.9 Å². The highest BCUT2D eigenvalue weighted by Gasteiger charge is 2.39. The fourth-order valence-electron chi connectivity index (χ4n) is 4.13. The van der Waals surface area contributed by atoms with Crippen LogP contribution in [0.2, 0.25) is 0 Å². The van der Waals surface area contributed by atoms with Crippen molar-refractivity contribution in [3.63, 3.8) is 0 Å². The highest BCUT2D eigenvalue weighted by molar-refractivity contribution is 6.53. The van der Waals surface area contributed by atoms with Crippen LogP contribution in [0.3, 0.4) is 0 Å². The van der Waals surface area contributed by atoms with Crippen molar-refractivity contribution < 1.29 is 23.9 Å². The molecular weight excluding hydrogens is 518 g/mol. The summed E-state index contributed by atoms with van der Waals surface area (Å²) in [6.45, 7) is 6.10. The smallest absolute Gasteiger partial charge is 0.338 e. The lowest BCUT2D eigenvalue weighted by Crippen LogP contribution is -2.32. The molecule has 0 radical (unpaired) electrons. The summed E-state index contributed by atoms with van der Waals surface area (Å²) in [4.78, 5) is 52.2. The summed E-state index contributed by atoms with van der Waals surface area (Å²) in [7, 11) is 0. The predicted octanol–water partition coefficient (Wildman–Crippen LogP) is 5.95. The first-order valence-electron chi connectivity index (χ1n) is 12.5. The maximum absolute atomic E-state index is 13.2. The number of benzene rings is 3. The summed E-state index contributed by atoms with van der Waals surface area (Å²) in [5, 5.41) is 5.43. The van der Waals surface area contributed by atoms with Gasteiger partial charge in [0.05, 0.1) is 17.9 Å². The fraction of sp³-hybridized carbons (Fsp3) is 0.200. The molecule has 0 aliphatic carbocycles. The molecule has 4 rings (SSSR count). The topological polar surface area (TPSA) is 105 Å². The van der Waals surface area contributed by atoms with Crippen LogP contribution in [0, 0.1) is 13.8 Å². The van der Waals surface area contributed by atoms with E-state index >= 15 is 0 Å². The number of halogens is 1. The highest BCUT2D eigenvalue weighted by atomic mass is 35.5. The number of aryl methyl sites for hydroxylation is 2. The largest absolute Gasteiger partial charge is 0.462 e. The van der Waals surface area contributed by atoms with Crippen LogP contribution in [0.4, 0.5) is 17.1 Å². The van der Waals surface area contributed by atoms with Gasteiger partial charge >= 0.3 is 5.97 Å². The van der Waals surface area contributed by atoms with Crippen molar-refractivity contribution in [3.05, 3.63) is 99.7 Å². The Morgan fingerprint density at radius 1 is 0.872 bits per heavy atom. The van der Waals surface area contributed by atoms with Crippen LogP contribution in [0.5, 0.6) is 0 Å². The molecule has 0 saturated carbocycles. The molecule has 1 aliphatic rings. The lowest BCUT2D eigenvalue weighted by Gasteiger charge is -2.16. The zero-order chi connectivity index (χ0) is 28.1. The minimum atomic E-state index is -0.629. The number of esters is 1. The number of rotatable bonds is 9. The normalized spacial score (nSPS) is 13.1. The Morgan fingerprint density at radius 3 is 2.21 bits per heavy atom. The number of hydrogen-bond acceptors (Lipinski definition) is 6. The molecule has 0 saturated heterocycles. The molecule has 200 valence electrons. The third-order valence-corrected chi connectivity index (χ3v) is 6.32. The molecule has 1 heterocycles. The number of nitrogens with one attached hydrogen (secondary N) is 2. The van der Waals surface area contributed by atoms with Gasteiger partial charge in [-0.3, -0.25) is 14.4 Å². The van der Waals surface area contributed by atoms with Crippen LogP contribution in [-0.2, 0) is 14.3 Å². The fourth-order valence-corrected chi connectivity index (χ4v) is 4.34. The minimum Gasteiger partial charge on any atom is -0.462 e. The average Bonchev–Trinajstić information content (AvgIpc) is 3.11. The zero-order valence-electron chi connectivity index (χ0n) is 21.8. The number of anilines is 3. The molecule has 0 unspecified atom stereocenters. The van der Waals surface area contributed by atoms with Gasteiger partial charge in [0.25, 0.3) is 17.7 Å². The quantitative estimate of drug-likeness (QED) is 0.196. The Hall–Kier alpha value is -4.43. The third kappa shape index (κ3) is 6.35. The standard InChI is InChI=1S/C30H28ClN3O5/c1-4-5-12-39-30(38)21-9-7-11-23(17-21)33-27(35)20-8-6-10-22(16-20)32-26-25(31)28(36)34(29(26)37)24-14-18(2)13-19(3)15-24/h6-11,13-17,32H,4-5,12H2,1-3H3,(H,33,35). The van der Waals surface area contributed by atoms with Crippen LogP contribution in [0.1, 0.15) is 51.6 Å². The lowest BCUT2D eigenvalue weighted by molar-refractivity contribution is -0.120. The van der Waals surface area contributed by atoms with Crippen molar-refractivity contribution in [3.8, 4) is 0 Å². The van der Waals surface area contributed by atoms with Gasteiger partial charge < -0.3 is 15.4 Å². The van der Waals surface area contributed by atoms with Crippen molar-refractivity contribution in [2.24, 2.45) is 0 Å². The van der Waals surface area contributed by atoms with Gasteiger partial charge in [-0.1, -0.05) is 43.1 Å². The van der Waals surface area contributed by atoms with E-state index < -0.39 is 23.7 Å². The number of unbranched alkanes of at least 4 members (excludes halogenated alkanes) is 1. The highest BCUT2D eigenvalue weighted by Crippen LogP contribution is 2.31. The van der Waals surface area contributed by atoms with E-state index in [2.05, 4.69) is 10.6 Å². The summed E-state index contributed by atoms with van der Waals surface area (Å²) in [5.41, 5.74) is 3.60. The first-order valence-corrected chi connectivity index (χ1v) is 12.9. The van der Waals surface area contributed by atoms with E-state index in [-0.39, 0.29) is 16.3 Å². The van der Waals surface area contributed by atoms with E-state index in [1.807, 2.05) is 26.8 Å². The van der Waals surface area contributed by atoms with Gasteiger partial charge in [0.1, 0.15) is 10.7 Å². The maximum atomic E-state index is 13.2. The number of hydrogen-bond donors (Lipinski definition) is 2. The van der Waals surface area contributed by atoms with Gasteiger partial charge in [-0.2, -0.15) is 0 Å². The second-order valence-electron chi connectivity index (χ2n) is 9.21. The Kier molecular flexibility index (Phi) is 8.46. The Balaban J connectivity index is 1.48. The number of carbonyl (C=O) groups is 4. The lowest BCUT2D eigenvalue weighted by atomic mass is 10.1. The Labute approximate surface area is 231 Å². The Morgan fingerprint density at radius 2 is 1.51 bits per heavy atom. The second kappa shape index (κ2) is 12.0. The molecular formula is C30H28ClN3O5.